The second-order valence-corrected chi connectivity index (χ2v) is 4.99. The highest BCUT2D eigenvalue weighted by atomic mass is 19.1. The summed E-state index contributed by atoms with van der Waals surface area (Å²) in [7, 11) is 0. The van der Waals surface area contributed by atoms with Crippen LogP contribution in [0.5, 0.6) is 0 Å². The number of nitrogens with one attached hydrogen (secondary N) is 1. The van der Waals surface area contributed by atoms with Gasteiger partial charge in [-0.3, -0.25) is 4.98 Å². The number of halogens is 2. The molecule has 0 bridgehead atoms. The Kier molecular flexibility index (Phi) is 5.22. The van der Waals surface area contributed by atoms with E-state index in [9.17, 15) is 8.78 Å². The van der Waals surface area contributed by atoms with E-state index in [1.165, 1.54) is 12.1 Å². The van der Waals surface area contributed by atoms with Gasteiger partial charge in [0.1, 0.15) is 11.6 Å². The molecule has 0 amide bonds. The molecule has 3 nitrogen and oxygen atoms in total. The first-order valence-electron chi connectivity index (χ1n) is 6.98. The number of nitrogen functional groups attached to an aromatic ring is 1. The van der Waals surface area contributed by atoms with Crippen molar-refractivity contribution in [3.05, 3.63) is 59.4 Å². The summed E-state index contributed by atoms with van der Waals surface area (Å²) in [6.45, 7) is 2.79. The highest BCUT2D eigenvalue weighted by molar-refractivity contribution is 5.45. The molecular formula is C16H19F2N3. The van der Waals surface area contributed by atoms with Crippen molar-refractivity contribution < 1.29 is 8.78 Å². The zero-order valence-electron chi connectivity index (χ0n) is 11.9. The lowest BCUT2D eigenvalue weighted by Gasteiger charge is -2.20. The fraction of sp³-hybridized carbons (Fsp3) is 0.312. The van der Waals surface area contributed by atoms with E-state index >= 15 is 0 Å². The maximum Gasteiger partial charge on any atom is 0.126 e. The molecule has 2 aromatic rings. The predicted molar refractivity (Wildman–Crippen MR) is 79.7 cm³/mol. The molecule has 0 spiro atoms. The molecule has 0 aliphatic carbocycles. The number of aromatic nitrogens is 1. The highest BCUT2D eigenvalue weighted by Crippen LogP contribution is 2.23. The van der Waals surface area contributed by atoms with Crippen LogP contribution in [0.4, 0.5) is 14.5 Å². The van der Waals surface area contributed by atoms with Crippen molar-refractivity contribution in [3.63, 3.8) is 0 Å². The van der Waals surface area contributed by atoms with Crippen molar-refractivity contribution in [2.75, 3.05) is 12.3 Å². The molecule has 3 N–H and O–H groups in total. The summed E-state index contributed by atoms with van der Waals surface area (Å²) in [6.07, 6.45) is 4.76. The van der Waals surface area contributed by atoms with Crippen LogP contribution in [0.2, 0.25) is 0 Å². The van der Waals surface area contributed by atoms with Crippen LogP contribution in [0, 0.1) is 11.6 Å². The summed E-state index contributed by atoms with van der Waals surface area (Å²) in [5.74, 6) is -1.15. The summed E-state index contributed by atoms with van der Waals surface area (Å²) >= 11 is 0. The van der Waals surface area contributed by atoms with Crippen LogP contribution in [-0.4, -0.2) is 11.5 Å². The quantitative estimate of drug-likeness (QED) is 0.859. The van der Waals surface area contributed by atoms with Crippen molar-refractivity contribution in [2.24, 2.45) is 0 Å². The maximum absolute atomic E-state index is 13.4. The van der Waals surface area contributed by atoms with Gasteiger partial charge in [0, 0.05) is 30.2 Å². The first-order valence-corrected chi connectivity index (χ1v) is 6.98. The van der Waals surface area contributed by atoms with Crippen LogP contribution in [0.3, 0.4) is 0 Å². The number of hydrogen-bond acceptors (Lipinski definition) is 3. The fourth-order valence-electron chi connectivity index (χ4n) is 2.23. The first kappa shape index (κ1) is 15.4. The van der Waals surface area contributed by atoms with Gasteiger partial charge in [-0.25, -0.2) is 8.78 Å². The average Bonchev–Trinajstić information content (AvgIpc) is 2.44. The maximum atomic E-state index is 13.4. The third kappa shape index (κ3) is 4.23. The molecule has 21 heavy (non-hydrogen) atoms. The van der Waals surface area contributed by atoms with Gasteiger partial charge in [0.15, 0.2) is 0 Å². The Balaban J connectivity index is 2.27. The lowest BCUT2D eigenvalue weighted by atomic mass is 9.98. The van der Waals surface area contributed by atoms with E-state index in [-0.39, 0.29) is 6.04 Å². The zero-order valence-corrected chi connectivity index (χ0v) is 11.9. The van der Waals surface area contributed by atoms with Crippen molar-refractivity contribution in [1.29, 1.82) is 0 Å². The Morgan fingerprint density at radius 2 is 1.95 bits per heavy atom. The molecule has 0 radical (unpaired) electrons. The van der Waals surface area contributed by atoms with Crippen LogP contribution in [0.1, 0.15) is 30.5 Å². The summed E-state index contributed by atoms with van der Waals surface area (Å²) in [5, 5.41) is 3.30. The molecule has 1 heterocycles. The highest BCUT2D eigenvalue weighted by Gasteiger charge is 2.15. The Hall–Kier alpha value is -2.01. The van der Waals surface area contributed by atoms with Gasteiger partial charge in [0.05, 0.1) is 0 Å². The van der Waals surface area contributed by atoms with Crippen molar-refractivity contribution >= 4 is 5.69 Å². The Morgan fingerprint density at radius 1 is 1.24 bits per heavy atom. The van der Waals surface area contributed by atoms with E-state index in [2.05, 4.69) is 10.3 Å². The normalized spacial score (nSPS) is 12.3. The molecule has 0 saturated carbocycles. The Labute approximate surface area is 123 Å². The Morgan fingerprint density at radius 3 is 2.57 bits per heavy atom. The molecule has 1 aromatic heterocycles. The Bertz CT molecular complexity index is 582. The average molecular weight is 291 g/mol. The summed E-state index contributed by atoms with van der Waals surface area (Å²) in [6, 6.07) is 5.09. The van der Waals surface area contributed by atoms with Gasteiger partial charge < -0.3 is 11.1 Å². The van der Waals surface area contributed by atoms with Crippen molar-refractivity contribution in [2.45, 2.75) is 25.8 Å². The second kappa shape index (κ2) is 7.13. The number of anilines is 1. The van der Waals surface area contributed by atoms with Crippen LogP contribution < -0.4 is 11.1 Å². The van der Waals surface area contributed by atoms with E-state index < -0.39 is 11.6 Å². The summed E-state index contributed by atoms with van der Waals surface area (Å²) in [5.41, 5.74) is 7.98. The number of nitrogens with two attached hydrogens (primary N) is 1. The molecule has 1 atom stereocenters. The molecule has 0 aliphatic heterocycles. The molecule has 2 rings (SSSR count). The number of benzene rings is 1. The third-order valence-corrected chi connectivity index (χ3v) is 3.29. The second-order valence-electron chi connectivity index (χ2n) is 4.99. The SMILES string of the molecule is CCCNC(Cc1cnccc1N)c1cc(F)cc(F)c1. The molecule has 0 aliphatic rings. The minimum absolute atomic E-state index is 0.207. The van der Waals surface area contributed by atoms with Gasteiger partial charge in [0.2, 0.25) is 0 Å². The number of rotatable bonds is 6. The largest absolute Gasteiger partial charge is 0.398 e. The topological polar surface area (TPSA) is 50.9 Å². The van der Waals surface area contributed by atoms with Crippen LogP contribution >= 0.6 is 0 Å². The monoisotopic (exact) mass is 291 g/mol. The van der Waals surface area contributed by atoms with Gasteiger partial charge in [-0.1, -0.05) is 6.92 Å². The van der Waals surface area contributed by atoms with Gasteiger partial charge in [0.25, 0.3) is 0 Å². The molecule has 0 fully saturated rings. The van der Waals surface area contributed by atoms with E-state index in [0.717, 1.165) is 24.6 Å². The molecule has 1 aromatic carbocycles. The van der Waals surface area contributed by atoms with Crippen LogP contribution in [0.15, 0.2) is 36.7 Å². The summed E-state index contributed by atoms with van der Waals surface area (Å²) < 4.78 is 26.8. The van der Waals surface area contributed by atoms with Gasteiger partial charge >= 0.3 is 0 Å². The van der Waals surface area contributed by atoms with Crippen molar-refractivity contribution in [3.8, 4) is 0 Å². The molecule has 112 valence electrons. The minimum Gasteiger partial charge on any atom is -0.398 e. The number of nitrogens with zero attached hydrogens (tertiary/aromatic N) is 1. The van der Waals surface area contributed by atoms with E-state index in [0.29, 0.717) is 17.7 Å². The molecule has 1 unspecified atom stereocenters. The van der Waals surface area contributed by atoms with E-state index in [1.807, 2.05) is 6.92 Å². The van der Waals surface area contributed by atoms with E-state index in [4.69, 9.17) is 5.73 Å². The van der Waals surface area contributed by atoms with Gasteiger partial charge in [-0.05, 0) is 48.7 Å². The van der Waals surface area contributed by atoms with Crippen LogP contribution in [0.25, 0.3) is 0 Å². The van der Waals surface area contributed by atoms with Gasteiger partial charge in [-0.2, -0.15) is 0 Å². The smallest absolute Gasteiger partial charge is 0.126 e. The fourth-order valence-corrected chi connectivity index (χ4v) is 2.23. The molecule has 5 heteroatoms. The number of hydrogen-bond donors (Lipinski definition) is 2. The summed E-state index contributed by atoms with van der Waals surface area (Å²) in [4.78, 5) is 4.05. The molecule has 0 saturated heterocycles. The molecular weight excluding hydrogens is 272 g/mol. The minimum atomic E-state index is -0.576. The standard InChI is InChI=1S/C16H19F2N3/c1-2-4-21-16(8-12-10-20-5-3-15(12)19)11-6-13(17)9-14(18)7-11/h3,5-7,9-10,16,21H,2,4,8H2,1H3,(H2,19,20). The number of pyridine rings is 1. The van der Waals surface area contributed by atoms with E-state index in [1.54, 1.807) is 18.5 Å². The first-order chi connectivity index (χ1) is 10.1. The lowest BCUT2D eigenvalue weighted by molar-refractivity contribution is 0.515. The van der Waals surface area contributed by atoms with Crippen LogP contribution in [-0.2, 0) is 6.42 Å². The predicted octanol–water partition coefficient (Wildman–Crippen LogP) is 3.23. The third-order valence-electron chi connectivity index (χ3n) is 3.29. The zero-order chi connectivity index (χ0) is 15.2. The van der Waals surface area contributed by atoms with Gasteiger partial charge in [-0.15, -0.1) is 0 Å². The van der Waals surface area contributed by atoms with Crippen molar-refractivity contribution in [1.82, 2.24) is 10.3 Å². The lowest BCUT2D eigenvalue weighted by Crippen LogP contribution is -2.24.